The van der Waals surface area contributed by atoms with E-state index in [4.69, 9.17) is 4.84 Å². The molecule has 0 aromatic carbocycles. The highest BCUT2D eigenvalue weighted by Gasteiger charge is 2.31. The molecule has 0 aromatic heterocycles. The van der Waals surface area contributed by atoms with E-state index < -0.39 is 0 Å². The Morgan fingerprint density at radius 1 is 1.47 bits per heavy atom. The van der Waals surface area contributed by atoms with Crippen LogP contribution in [0.25, 0.3) is 0 Å². The van der Waals surface area contributed by atoms with Gasteiger partial charge < -0.3 is 14.7 Å². The molecule has 1 atom stereocenters. The standard InChI is InChI=1S/C12H19NO4/c1-16-12(15)7-10-6-11(13-17-10)8-2-4-9(14)5-3-8/h8-10,14H,2-7H2,1H3/t8?,9?,10-/m0/s1. The fraction of sp³-hybridized carbons (Fsp3) is 0.833. The molecular formula is C12H19NO4. The first-order valence-corrected chi connectivity index (χ1v) is 6.16. The summed E-state index contributed by atoms with van der Waals surface area (Å²) in [6, 6.07) is 0. The Labute approximate surface area is 101 Å². The van der Waals surface area contributed by atoms with Gasteiger partial charge in [0.1, 0.15) is 6.10 Å². The van der Waals surface area contributed by atoms with Crippen LogP contribution in [0.1, 0.15) is 38.5 Å². The number of oxime groups is 1. The Morgan fingerprint density at radius 3 is 2.82 bits per heavy atom. The quantitative estimate of drug-likeness (QED) is 0.755. The Bertz CT molecular complexity index is 308. The smallest absolute Gasteiger partial charge is 0.309 e. The van der Waals surface area contributed by atoms with E-state index in [1.54, 1.807) is 0 Å². The van der Waals surface area contributed by atoms with Crippen LogP contribution in [0.3, 0.4) is 0 Å². The van der Waals surface area contributed by atoms with Gasteiger partial charge in [0.15, 0.2) is 0 Å². The Balaban J connectivity index is 1.79. The third kappa shape index (κ3) is 3.19. The van der Waals surface area contributed by atoms with Crippen molar-refractivity contribution in [2.24, 2.45) is 11.1 Å². The van der Waals surface area contributed by atoms with E-state index in [0.29, 0.717) is 5.92 Å². The first-order chi connectivity index (χ1) is 8.19. The number of ether oxygens (including phenoxy) is 1. The second-order valence-electron chi connectivity index (χ2n) is 4.80. The summed E-state index contributed by atoms with van der Waals surface area (Å²) in [5.41, 5.74) is 1.05. The van der Waals surface area contributed by atoms with E-state index in [1.807, 2.05) is 0 Å². The van der Waals surface area contributed by atoms with E-state index in [9.17, 15) is 9.90 Å². The monoisotopic (exact) mass is 241 g/mol. The van der Waals surface area contributed by atoms with Crippen molar-refractivity contribution in [3.05, 3.63) is 0 Å². The molecule has 1 heterocycles. The van der Waals surface area contributed by atoms with Crippen molar-refractivity contribution >= 4 is 11.7 Å². The average Bonchev–Trinajstić information content (AvgIpc) is 2.78. The lowest BCUT2D eigenvalue weighted by Gasteiger charge is -2.24. The molecule has 1 fully saturated rings. The molecule has 0 amide bonds. The zero-order chi connectivity index (χ0) is 12.3. The topological polar surface area (TPSA) is 68.1 Å². The first kappa shape index (κ1) is 12.4. The first-order valence-electron chi connectivity index (χ1n) is 6.16. The van der Waals surface area contributed by atoms with Crippen molar-refractivity contribution in [1.82, 2.24) is 0 Å². The molecule has 0 radical (unpaired) electrons. The molecule has 0 saturated heterocycles. The van der Waals surface area contributed by atoms with Gasteiger partial charge in [-0.1, -0.05) is 5.16 Å². The van der Waals surface area contributed by atoms with Crippen LogP contribution < -0.4 is 0 Å². The van der Waals surface area contributed by atoms with Crippen LogP contribution >= 0.6 is 0 Å². The lowest BCUT2D eigenvalue weighted by atomic mass is 9.83. The van der Waals surface area contributed by atoms with Crippen molar-refractivity contribution < 1.29 is 19.5 Å². The molecule has 0 bridgehead atoms. The molecule has 96 valence electrons. The van der Waals surface area contributed by atoms with Gasteiger partial charge in [0.2, 0.25) is 0 Å². The van der Waals surface area contributed by atoms with Crippen LogP contribution in [0.2, 0.25) is 0 Å². The number of hydrogen-bond donors (Lipinski definition) is 1. The van der Waals surface area contributed by atoms with E-state index in [-0.39, 0.29) is 24.6 Å². The number of methoxy groups -OCH3 is 1. The predicted octanol–water partition coefficient (Wildman–Crippen LogP) is 1.25. The summed E-state index contributed by atoms with van der Waals surface area (Å²) < 4.78 is 4.60. The number of aliphatic hydroxyl groups is 1. The van der Waals surface area contributed by atoms with Crippen LogP contribution in [-0.2, 0) is 14.4 Å². The Kier molecular flexibility index (Phi) is 3.99. The molecule has 1 aliphatic carbocycles. The van der Waals surface area contributed by atoms with Gasteiger partial charge in [-0.25, -0.2) is 0 Å². The number of aliphatic hydroxyl groups excluding tert-OH is 1. The molecule has 2 rings (SSSR count). The maximum Gasteiger partial charge on any atom is 0.309 e. The summed E-state index contributed by atoms with van der Waals surface area (Å²) in [6.45, 7) is 0. The van der Waals surface area contributed by atoms with E-state index in [2.05, 4.69) is 9.89 Å². The summed E-state index contributed by atoms with van der Waals surface area (Å²) in [5, 5.41) is 13.5. The summed E-state index contributed by atoms with van der Waals surface area (Å²) in [6.07, 6.45) is 4.28. The molecule has 0 unspecified atom stereocenters. The zero-order valence-electron chi connectivity index (χ0n) is 10.1. The lowest BCUT2D eigenvalue weighted by Crippen LogP contribution is -2.24. The highest BCUT2D eigenvalue weighted by molar-refractivity contribution is 5.88. The van der Waals surface area contributed by atoms with Crippen LogP contribution in [0.4, 0.5) is 0 Å². The van der Waals surface area contributed by atoms with Crippen LogP contribution in [0.5, 0.6) is 0 Å². The number of carbonyl (C=O) groups excluding carboxylic acids is 1. The number of rotatable bonds is 3. The van der Waals surface area contributed by atoms with Crippen molar-refractivity contribution in [3.63, 3.8) is 0 Å². The summed E-state index contributed by atoms with van der Waals surface area (Å²) in [5.74, 6) is 0.159. The number of esters is 1. The highest BCUT2D eigenvalue weighted by Crippen LogP contribution is 2.30. The SMILES string of the molecule is COC(=O)C[C@@H]1CC(C2CCC(O)CC2)=NO1. The van der Waals surface area contributed by atoms with Gasteiger partial charge in [0.05, 0.1) is 25.3 Å². The zero-order valence-corrected chi connectivity index (χ0v) is 10.1. The highest BCUT2D eigenvalue weighted by atomic mass is 16.6. The molecule has 0 aromatic rings. The number of hydrogen-bond acceptors (Lipinski definition) is 5. The van der Waals surface area contributed by atoms with Crippen LogP contribution in [-0.4, -0.2) is 36.1 Å². The van der Waals surface area contributed by atoms with Crippen molar-refractivity contribution in [3.8, 4) is 0 Å². The maximum atomic E-state index is 11.1. The van der Waals surface area contributed by atoms with Crippen molar-refractivity contribution in [2.45, 2.75) is 50.7 Å². The van der Waals surface area contributed by atoms with Crippen LogP contribution in [0, 0.1) is 5.92 Å². The van der Waals surface area contributed by atoms with Gasteiger partial charge >= 0.3 is 5.97 Å². The van der Waals surface area contributed by atoms with Gasteiger partial charge in [0, 0.05) is 12.3 Å². The summed E-state index contributed by atoms with van der Waals surface area (Å²) in [4.78, 5) is 16.4. The second kappa shape index (κ2) is 5.49. The predicted molar refractivity (Wildman–Crippen MR) is 61.5 cm³/mol. The number of carbonyl (C=O) groups is 1. The molecule has 5 nitrogen and oxygen atoms in total. The van der Waals surface area contributed by atoms with E-state index in [0.717, 1.165) is 37.8 Å². The van der Waals surface area contributed by atoms with Gasteiger partial charge in [-0.2, -0.15) is 0 Å². The minimum atomic E-state index is -0.259. The molecule has 0 spiro atoms. The van der Waals surface area contributed by atoms with Gasteiger partial charge in [-0.15, -0.1) is 0 Å². The fourth-order valence-electron chi connectivity index (χ4n) is 2.48. The largest absolute Gasteiger partial charge is 0.469 e. The number of nitrogens with zero attached hydrogens (tertiary/aromatic N) is 1. The lowest BCUT2D eigenvalue weighted by molar-refractivity contribution is -0.143. The fourth-order valence-corrected chi connectivity index (χ4v) is 2.48. The maximum absolute atomic E-state index is 11.1. The Hall–Kier alpha value is -1.10. The van der Waals surface area contributed by atoms with E-state index in [1.165, 1.54) is 7.11 Å². The third-order valence-corrected chi connectivity index (χ3v) is 3.55. The van der Waals surface area contributed by atoms with Crippen molar-refractivity contribution in [2.75, 3.05) is 7.11 Å². The Morgan fingerprint density at radius 2 is 2.18 bits per heavy atom. The average molecular weight is 241 g/mol. The molecule has 17 heavy (non-hydrogen) atoms. The van der Waals surface area contributed by atoms with Crippen molar-refractivity contribution in [1.29, 1.82) is 0 Å². The molecule has 1 N–H and O–H groups in total. The van der Waals surface area contributed by atoms with Crippen LogP contribution in [0.15, 0.2) is 5.16 Å². The summed E-state index contributed by atoms with van der Waals surface area (Å²) in [7, 11) is 1.38. The second-order valence-corrected chi connectivity index (χ2v) is 4.80. The molecular weight excluding hydrogens is 222 g/mol. The van der Waals surface area contributed by atoms with Gasteiger partial charge in [-0.3, -0.25) is 4.79 Å². The third-order valence-electron chi connectivity index (χ3n) is 3.55. The molecule has 5 heteroatoms. The van der Waals surface area contributed by atoms with Gasteiger partial charge in [0.25, 0.3) is 0 Å². The molecule has 2 aliphatic rings. The van der Waals surface area contributed by atoms with E-state index >= 15 is 0 Å². The normalized spacial score (nSPS) is 32.8. The molecule has 1 saturated carbocycles. The minimum Gasteiger partial charge on any atom is -0.469 e. The van der Waals surface area contributed by atoms with Gasteiger partial charge in [-0.05, 0) is 25.7 Å². The summed E-state index contributed by atoms with van der Waals surface area (Å²) >= 11 is 0. The molecule has 1 aliphatic heterocycles. The minimum absolute atomic E-state index is 0.153.